The molecule has 0 heterocycles. The lowest BCUT2D eigenvalue weighted by Crippen LogP contribution is -2.30. The Labute approximate surface area is 303 Å². The fraction of sp³-hybridized carbons (Fsp3) is 0.837. The maximum atomic E-state index is 12.5. The molecule has 0 saturated heterocycles. The fourth-order valence-electron chi connectivity index (χ4n) is 5.95. The van der Waals surface area contributed by atoms with Gasteiger partial charge in [0.05, 0.1) is 0 Å². The maximum absolute atomic E-state index is 12.5. The van der Waals surface area contributed by atoms with Crippen molar-refractivity contribution in [2.45, 2.75) is 219 Å². The van der Waals surface area contributed by atoms with Crippen LogP contribution < -0.4 is 0 Å². The smallest absolute Gasteiger partial charge is 0.306 e. The lowest BCUT2D eigenvalue weighted by atomic mass is 10.0. The first-order valence-electron chi connectivity index (χ1n) is 20.8. The van der Waals surface area contributed by atoms with Crippen LogP contribution in [-0.4, -0.2) is 37.2 Å². The third-order valence-corrected chi connectivity index (χ3v) is 9.09. The molecule has 6 heteroatoms. The zero-order valence-corrected chi connectivity index (χ0v) is 32.3. The van der Waals surface area contributed by atoms with Crippen molar-refractivity contribution in [3.05, 3.63) is 24.8 Å². The first-order valence-corrected chi connectivity index (χ1v) is 20.8. The van der Waals surface area contributed by atoms with Gasteiger partial charge in [0, 0.05) is 19.3 Å². The first-order chi connectivity index (χ1) is 24.0. The monoisotopic (exact) mass is 691 g/mol. The predicted molar refractivity (Wildman–Crippen MR) is 206 cm³/mol. The van der Waals surface area contributed by atoms with Gasteiger partial charge in [0.15, 0.2) is 6.10 Å². The van der Waals surface area contributed by atoms with Crippen LogP contribution in [0.1, 0.15) is 213 Å². The van der Waals surface area contributed by atoms with Gasteiger partial charge in [-0.1, -0.05) is 160 Å². The second kappa shape index (κ2) is 38.7. The number of rotatable bonds is 38. The highest BCUT2D eigenvalue weighted by molar-refractivity contribution is 5.71. The van der Waals surface area contributed by atoms with Gasteiger partial charge in [-0.25, -0.2) is 0 Å². The minimum Gasteiger partial charge on any atom is -0.462 e. The van der Waals surface area contributed by atoms with Gasteiger partial charge in [0.1, 0.15) is 13.2 Å². The number of hydrogen-bond acceptors (Lipinski definition) is 6. The highest BCUT2D eigenvalue weighted by Gasteiger charge is 2.19. The Kier molecular flexibility index (Phi) is 37.0. The molecule has 0 aliphatic heterocycles. The van der Waals surface area contributed by atoms with E-state index >= 15 is 0 Å². The highest BCUT2D eigenvalue weighted by atomic mass is 16.6. The quantitative estimate of drug-likeness (QED) is 0.0278. The van der Waals surface area contributed by atoms with Crippen LogP contribution in [0.2, 0.25) is 0 Å². The summed E-state index contributed by atoms with van der Waals surface area (Å²) in [5, 5.41) is 0. The van der Waals surface area contributed by atoms with Crippen molar-refractivity contribution in [2.75, 3.05) is 13.2 Å². The Balaban J connectivity index is 4.23. The third-order valence-electron chi connectivity index (χ3n) is 9.09. The van der Waals surface area contributed by atoms with Crippen molar-refractivity contribution >= 4 is 17.9 Å². The Morgan fingerprint density at radius 2 is 0.837 bits per heavy atom. The van der Waals surface area contributed by atoms with E-state index in [2.05, 4.69) is 32.6 Å². The van der Waals surface area contributed by atoms with Gasteiger partial charge in [-0.15, -0.1) is 6.58 Å². The number of hydrogen-bond donors (Lipinski definition) is 0. The second-order valence-corrected chi connectivity index (χ2v) is 14.0. The molecule has 286 valence electrons. The van der Waals surface area contributed by atoms with Crippen LogP contribution in [0.15, 0.2) is 24.8 Å². The maximum Gasteiger partial charge on any atom is 0.306 e. The zero-order chi connectivity index (χ0) is 35.9. The molecule has 0 aliphatic carbocycles. The van der Waals surface area contributed by atoms with Crippen molar-refractivity contribution < 1.29 is 28.6 Å². The third kappa shape index (κ3) is 37.0. The average molecular weight is 691 g/mol. The number of esters is 3. The number of ether oxygens (including phenoxy) is 3. The summed E-state index contributed by atoms with van der Waals surface area (Å²) in [5.41, 5.74) is 0. The lowest BCUT2D eigenvalue weighted by Gasteiger charge is -2.18. The van der Waals surface area contributed by atoms with E-state index in [0.29, 0.717) is 19.3 Å². The molecular formula is C43H78O6. The SMILES string of the molecule is C=CCCCCCCCC(=O)OC(COC(=O)CCCCCCC/C=C\CC)COC(=O)CCCCCCCCCCCCCCCCC. The van der Waals surface area contributed by atoms with Crippen LogP contribution in [0.4, 0.5) is 0 Å². The van der Waals surface area contributed by atoms with Gasteiger partial charge in [-0.3, -0.25) is 14.4 Å². The fourth-order valence-corrected chi connectivity index (χ4v) is 5.95. The minimum absolute atomic E-state index is 0.0787. The van der Waals surface area contributed by atoms with Crippen LogP contribution in [0, 0.1) is 0 Å². The summed E-state index contributed by atoms with van der Waals surface area (Å²) in [6.45, 7) is 8.01. The van der Waals surface area contributed by atoms with Gasteiger partial charge in [0.2, 0.25) is 0 Å². The summed E-state index contributed by atoms with van der Waals surface area (Å²) in [6, 6.07) is 0. The molecule has 6 nitrogen and oxygen atoms in total. The van der Waals surface area contributed by atoms with Crippen molar-refractivity contribution in [3.63, 3.8) is 0 Å². The summed E-state index contributed by atoms with van der Waals surface area (Å²) in [6.07, 6.45) is 39.3. The molecule has 0 rings (SSSR count). The van der Waals surface area contributed by atoms with E-state index in [-0.39, 0.29) is 31.1 Å². The van der Waals surface area contributed by atoms with Crippen LogP contribution in [0.25, 0.3) is 0 Å². The molecule has 0 fully saturated rings. The van der Waals surface area contributed by atoms with E-state index in [9.17, 15) is 14.4 Å². The summed E-state index contributed by atoms with van der Waals surface area (Å²) >= 11 is 0. The minimum atomic E-state index is -0.773. The average Bonchev–Trinajstić information content (AvgIpc) is 3.10. The van der Waals surface area contributed by atoms with Crippen LogP contribution >= 0.6 is 0 Å². The van der Waals surface area contributed by atoms with E-state index in [0.717, 1.165) is 89.9 Å². The molecule has 0 radical (unpaired) electrons. The Hall–Kier alpha value is -2.11. The molecular weight excluding hydrogens is 612 g/mol. The van der Waals surface area contributed by atoms with Crippen LogP contribution in [0.3, 0.4) is 0 Å². The Morgan fingerprint density at radius 1 is 0.469 bits per heavy atom. The topological polar surface area (TPSA) is 78.9 Å². The summed E-state index contributed by atoms with van der Waals surface area (Å²) in [7, 11) is 0. The molecule has 1 unspecified atom stereocenters. The molecule has 0 aromatic rings. The predicted octanol–water partition coefficient (Wildman–Crippen LogP) is 12.9. The molecule has 0 aromatic carbocycles. The molecule has 0 aromatic heterocycles. The van der Waals surface area contributed by atoms with Crippen molar-refractivity contribution in [3.8, 4) is 0 Å². The number of carbonyl (C=O) groups excluding carboxylic acids is 3. The highest BCUT2D eigenvalue weighted by Crippen LogP contribution is 2.15. The molecule has 0 N–H and O–H groups in total. The molecule has 0 amide bonds. The number of unbranched alkanes of at least 4 members (excludes halogenated alkanes) is 24. The molecule has 0 saturated carbocycles. The van der Waals surface area contributed by atoms with Gasteiger partial charge in [-0.05, 0) is 51.4 Å². The van der Waals surface area contributed by atoms with E-state index in [1.165, 1.54) is 89.9 Å². The summed E-state index contributed by atoms with van der Waals surface area (Å²) < 4.78 is 16.5. The zero-order valence-electron chi connectivity index (χ0n) is 32.3. The molecule has 1 atom stereocenters. The van der Waals surface area contributed by atoms with Gasteiger partial charge in [-0.2, -0.15) is 0 Å². The Morgan fingerprint density at radius 3 is 1.24 bits per heavy atom. The van der Waals surface area contributed by atoms with Gasteiger partial charge >= 0.3 is 17.9 Å². The summed E-state index contributed by atoms with van der Waals surface area (Å²) in [4.78, 5) is 37.4. The van der Waals surface area contributed by atoms with Crippen molar-refractivity contribution in [2.24, 2.45) is 0 Å². The number of carbonyl (C=O) groups is 3. The van der Waals surface area contributed by atoms with Crippen LogP contribution in [0.5, 0.6) is 0 Å². The summed E-state index contributed by atoms with van der Waals surface area (Å²) in [5.74, 6) is -0.915. The van der Waals surface area contributed by atoms with E-state index in [1.807, 2.05) is 6.08 Å². The molecule has 49 heavy (non-hydrogen) atoms. The first kappa shape index (κ1) is 46.9. The van der Waals surface area contributed by atoms with E-state index < -0.39 is 6.10 Å². The normalized spacial score (nSPS) is 11.9. The molecule has 0 bridgehead atoms. The Bertz CT molecular complexity index is 791. The van der Waals surface area contributed by atoms with Crippen molar-refractivity contribution in [1.29, 1.82) is 0 Å². The van der Waals surface area contributed by atoms with Gasteiger partial charge in [0.25, 0.3) is 0 Å². The largest absolute Gasteiger partial charge is 0.462 e. The molecule has 0 spiro atoms. The van der Waals surface area contributed by atoms with E-state index in [1.54, 1.807) is 0 Å². The van der Waals surface area contributed by atoms with E-state index in [4.69, 9.17) is 14.2 Å². The lowest BCUT2D eigenvalue weighted by molar-refractivity contribution is -0.167. The molecule has 0 aliphatic rings. The van der Waals surface area contributed by atoms with Crippen LogP contribution in [-0.2, 0) is 28.6 Å². The van der Waals surface area contributed by atoms with Gasteiger partial charge < -0.3 is 14.2 Å². The number of allylic oxidation sites excluding steroid dienone is 3. The standard InChI is InChI=1S/C43H78O6/c1-4-7-10-13-16-18-19-20-21-22-23-25-28-30-33-36-42(45)48-39-40(49-43(46)37-34-31-26-15-12-9-6-3)38-47-41(44)35-32-29-27-24-17-14-11-8-5-2/h6,8,11,40H,3-5,7,9-10,12-39H2,1-2H3/b11-8-. The second-order valence-electron chi connectivity index (χ2n) is 14.0. The van der Waals surface area contributed by atoms with Crippen molar-refractivity contribution in [1.82, 2.24) is 0 Å².